The van der Waals surface area contributed by atoms with Crippen molar-refractivity contribution in [2.75, 3.05) is 13.7 Å². The van der Waals surface area contributed by atoms with Crippen molar-refractivity contribution in [3.05, 3.63) is 36.0 Å². The molecular weight excluding hydrogens is 416 g/mol. The molecule has 0 unspecified atom stereocenters. The van der Waals surface area contributed by atoms with Crippen LogP contribution in [0.25, 0.3) is 11.3 Å². The second-order valence-corrected chi connectivity index (χ2v) is 10.0. The number of rotatable bonds is 7. The van der Waals surface area contributed by atoms with E-state index in [1.54, 1.807) is 16.7 Å². The minimum atomic E-state index is -0.973. The van der Waals surface area contributed by atoms with Gasteiger partial charge < -0.3 is 15.0 Å². The number of fused-ring (bicyclic) bond motifs is 1. The molecule has 1 aliphatic carbocycles. The quantitative estimate of drug-likeness (QED) is 0.681. The summed E-state index contributed by atoms with van der Waals surface area (Å²) < 4.78 is 6.97. The molecule has 1 aliphatic heterocycles. The van der Waals surface area contributed by atoms with Crippen molar-refractivity contribution in [1.29, 1.82) is 0 Å². The lowest BCUT2D eigenvalue weighted by molar-refractivity contribution is -0.134. The molecule has 1 N–H and O–H groups in total. The molecule has 1 aromatic carbocycles. The molecule has 1 saturated carbocycles. The van der Waals surface area contributed by atoms with E-state index in [1.807, 2.05) is 37.3 Å². The van der Waals surface area contributed by atoms with E-state index in [2.05, 4.69) is 19.2 Å². The molecule has 2 aromatic rings. The molecule has 7 nitrogen and oxygen atoms in total. The first-order valence-electron chi connectivity index (χ1n) is 12.2. The van der Waals surface area contributed by atoms with Crippen molar-refractivity contribution >= 4 is 11.8 Å². The van der Waals surface area contributed by atoms with Crippen LogP contribution in [-0.4, -0.2) is 51.7 Å². The summed E-state index contributed by atoms with van der Waals surface area (Å²) in [5.41, 5.74) is 1.20. The van der Waals surface area contributed by atoms with Gasteiger partial charge in [0.15, 0.2) is 0 Å². The van der Waals surface area contributed by atoms with Crippen molar-refractivity contribution in [2.24, 2.45) is 5.92 Å². The molecule has 0 saturated heterocycles. The van der Waals surface area contributed by atoms with E-state index >= 15 is 0 Å². The summed E-state index contributed by atoms with van der Waals surface area (Å²) in [4.78, 5) is 29.0. The summed E-state index contributed by atoms with van der Waals surface area (Å²) >= 11 is 0. The van der Waals surface area contributed by atoms with E-state index in [0.29, 0.717) is 24.7 Å². The fraction of sp³-hybridized carbons (Fsp3) is 0.577. The largest absolute Gasteiger partial charge is 0.497 e. The Morgan fingerprint density at radius 1 is 1.21 bits per heavy atom. The second kappa shape index (κ2) is 9.57. The van der Waals surface area contributed by atoms with E-state index in [-0.39, 0.29) is 17.9 Å². The van der Waals surface area contributed by atoms with Crippen molar-refractivity contribution in [3.8, 4) is 17.0 Å². The van der Waals surface area contributed by atoms with Gasteiger partial charge >= 0.3 is 0 Å². The zero-order valence-electron chi connectivity index (χ0n) is 20.3. The maximum atomic E-state index is 13.7. The third-order valence-corrected chi connectivity index (χ3v) is 7.04. The number of amides is 2. The molecule has 1 aromatic heterocycles. The Labute approximate surface area is 196 Å². The summed E-state index contributed by atoms with van der Waals surface area (Å²) in [5, 5.41) is 7.99. The molecule has 178 valence electrons. The number of benzene rings is 1. The number of methoxy groups -OCH3 is 1. The Hall–Kier alpha value is -2.83. The van der Waals surface area contributed by atoms with Crippen LogP contribution in [0, 0.1) is 5.92 Å². The van der Waals surface area contributed by atoms with Crippen LogP contribution >= 0.6 is 0 Å². The SMILES string of the molecule is COc1ccc(-c2cc3n(n2)C[C@@](C)(C(=O)NC2CCCCC2)N(CCC(C)C)C3=O)cc1. The number of hydrogen-bond acceptors (Lipinski definition) is 4. The van der Waals surface area contributed by atoms with E-state index < -0.39 is 5.54 Å². The fourth-order valence-electron chi connectivity index (χ4n) is 4.87. The first-order chi connectivity index (χ1) is 15.8. The predicted octanol–water partition coefficient (Wildman–Crippen LogP) is 4.27. The fourth-order valence-corrected chi connectivity index (χ4v) is 4.87. The zero-order valence-corrected chi connectivity index (χ0v) is 20.3. The Bertz CT molecular complexity index is 991. The van der Waals surface area contributed by atoms with Crippen LogP contribution in [0.4, 0.5) is 0 Å². The third kappa shape index (κ3) is 4.77. The highest BCUT2D eigenvalue weighted by Crippen LogP contribution is 2.31. The predicted molar refractivity (Wildman–Crippen MR) is 128 cm³/mol. The molecule has 2 amide bonds. The average molecular weight is 453 g/mol. The van der Waals surface area contributed by atoms with E-state index in [0.717, 1.165) is 49.1 Å². The van der Waals surface area contributed by atoms with Gasteiger partial charge in [-0.25, -0.2) is 0 Å². The van der Waals surface area contributed by atoms with E-state index in [4.69, 9.17) is 9.84 Å². The molecule has 1 fully saturated rings. The summed E-state index contributed by atoms with van der Waals surface area (Å²) in [6.07, 6.45) is 6.39. The van der Waals surface area contributed by atoms with Crippen LogP contribution in [0.2, 0.25) is 0 Å². The topological polar surface area (TPSA) is 76.5 Å². The average Bonchev–Trinajstić information content (AvgIpc) is 3.23. The number of nitrogens with zero attached hydrogens (tertiary/aromatic N) is 3. The molecule has 0 spiro atoms. The number of hydrogen-bond donors (Lipinski definition) is 1. The highest BCUT2D eigenvalue weighted by atomic mass is 16.5. The van der Waals surface area contributed by atoms with Gasteiger partial charge in [-0.2, -0.15) is 5.10 Å². The highest BCUT2D eigenvalue weighted by molar-refractivity contribution is 6.00. The van der Waals surface area contributed by atoms with Gasteiger partial charge in [-0.15, -0.1) is 0 Å². The maximum absolute atomic E-state index is 13.7. The minimum Gasteiger partial charge on any atom is -0.497 e. The van der Waals surface area contributed by atoms with Gasteiger partial charge in [0, 0.05) is 18.2 Å². The number of carbonyl (C=O) groups is 2. The van der Waals surface area contributed by atoms with Gasteiger partial charge in [0.25, 0.3) is 5.91 Å². The zero-order chi connectivity index (χ0) is 23.6. The van der Waals surface area contributed by atoms with Crippen LogP contribution < -0.4 is 10.1 Å². The van der Waals surface area contributed by atoms with Gasteiger partial charge in [0.1, 0.15) is 17.0 Å². The van der Waals surface area contributed by atoms with Gasteiger partial charge in [-0.05, 0) is 62.4 Å². The minimum absolute atomic E-state index is 0.0707. The first kappa shape index (κ1) is 23.3. The van der Waals surface area contributed by atoms with E-state index in [1.165, 1.54) is 6.42 Å². The Morgan fingerprint density at radius 3 is 2.55 bits per heavy atom. The summed E-state index contributed by atoms with van der Waals surface area (Å²) in [7, 11) is 1.63. The molecule has 0 bridgehead atoms. The monoisotopic (exact) mass is 452 g/mol. The van der Waals surface area contributed by atoms with Crippen LogP contribution in [-0.2, 0) is 11.3 Å². The molecule has 1 atom stereocenters. The normalized spacial score (nSPS) is 21.2. The Morgan fingerprint density at radius 2 is 1.91 bits per heavy atom. The lowest BCUT2D eigenvalue weighted by Gasteiger charge is -2.44. The lowest BCUT2D eigenvalue weighted by atomic mass is 9.91. The molecule has 33 heavy (non-hydrogen) atoms. The molecule has 7 heteroatoms. The van der Waals surface area contributed by atoms with Crippen LogP contribution in [0.1, 0.15) is 69.8 Å². The first-order valence-corrected chi connectivity index (χ1v) is 12.2. The molecule has 2 heterocycles. The molecule has 2 aliphatic rings. The van der Waals surface area contributed by atoms with E-state index in [9.17, 15) is 9.59 Å². The standard InChI is InChI=1S/C26H36N4O3/c1-18(2)14-15-29-24(31)23-16-22(19-10-12-21(33-4)13-11-19)28-30(23)17-26(29,3)25(32)27-20-8-6-5-7-9-20/h10-13,16,18,20H,5-9,14-15,17H2,1-4H3,(H,27,32)/t26-/m0/s1. The third-order valence-electron chi connectivity index (χ3n) is 7.04. The van der Waals surface area contributed by atoms with Crippen LogP contribution in [0.5, 0.6) is 5.75 Å². The van der Waals surface area contributed by atoms with Gasteiger partial charge in [0.05, 0.1) is 19.3 Å². The van der Waals surface area contributed by atoms with Crippen molar-refractivity contribution in [2.45, 2.75) is 77.4 Å². The number of ether oxygens (including phenoxy) is 1. The summed E-state index contributed by atoms with van der Waals surface area (Å²) in [6.45, 7) is 7.07. The summed E-state index contributed by atoms with van der Waals surface area (Å²) in [5.74, 6) is 1.00. The number of nitrogens with one attached hydrogen (secondary N) is 1. The smallest absolute Gasteiger partial charge is 0.273 e. The van der Waals surface area contributed by atoms with Crippen molar-refractivity contribution < 1.29 is 14.3 Å². The number of aromatic nitrogens is 2. The second-order valence-electron chi connectivity index (χ2n) is 10.0. The van der Waals surface area contributed by atoms with Crippen molar-refractivity contribution in [3.63, 3.8) is 0 Å². The van der Waals surface area contributed by atoms with Crippen LogP contribution in [0.15, 0.2) is 30.3 Å². The molecular formula is C26H36N4O3. The van der Waals surface area contributed by atoms with Gasteiger partial charge in [0.2, 0.25) is 5.91 Å². The Balaban J connectivity index is 1.64. The molecule has 0 radical (unpaired) electrons. The summed E-state index contributed by atoms with van der Waals surface area (Å²) in [6, 6.07) is 9.66. The number of carbonyl (C=O) groups excluding carboxylic acids is 2. The van der Waals surface area contributed by atoms with Crippen LogP contribution in [0.3, 0.4) is 0 Å². The molecule has 4 rings (SSSR count). The van der Waals surface area contributed by atoms with Gasteiger partial charge in [-0.3, -0.25) is 14.3 Å². The van der Waals surface area contributed by atoms with Gasteiger partial charge in [-0.1, -0.05) is 33.1 Å². The van der Waals surface area contributed by atoms with Crippen molar-refractivity contribution in [1.82, 2.24) is 20.0 Å². The Kier molecular flexibility index (Phi) is 6.77. The highest BCUT2D eigenvalue weighted by Gasteiger charge is 2.48. The lowest BCUT2D eigenvalue weighted by Crippen LogP contribution is -2.65. The maximum Gasteiger partial charge on any atom is 0.273 e.